The van der Waals surface area contributed by atoms with Crippen LogP contribution in [0, 0.1) is 0 Å². The molecule has 1 amide bonds. The summed E-state index contributed by atoms with van der Waals surface area (Å²) in [4.78, 5) is 33.7. The molecule has 9 nitrogen and oxygen atoms in total. The van der Waals surface area contributed by atoms with Gasteiger partial charge in [0.15, 0.2) is 0 Å². The maximum Gasteiger partial charge on any atom is 0.472 e. The SMILES string of the molecule is CCCCCCCCCCCCCCCCCCCCCC(=O)NCCOP(=O)(O)OCC(O)COC(=O)CCCCCCCCCCC. The quantitative estimate of drug-likeness (QED) is 0.0325. The highest BCUT2D eigenvalue weighted by atomic mass is 31.2. The Morgan fingerprint density at radius 1 is 0.551 bits per heavy atom. The van der Waals surface area contributed by atoms with Crippen molar-refractivity contribution in [3.63, 3.8) is 0 Å². The summed E-state index contributed by atoms with van der Waals surface area (Å²) in [5.41, 5.74) is 0. The molecule has 49 heavy (non-hydrogen) atoms. The lowest BCUT2D eigenvalue weighted by Crippen LogP contribution is -2.27. The van der Waals surface area contributed by atoms with Gasteiger partial charge >= 0.3 is 13.8 Å². The van der Waals surface area contributed by atoms with Crippen LogP contribution < -0.4 is 5.32 Å². The van der Waals surface area contributed by atoms with Crippen LogP contribution in [0.25, 0.3) is 0 Å². The molecule has 0 aromatic heterocycles. The van der Waals surface area contributed by atoms with Gasteiger partial charge in [0, 0.05) is 19.4 Å². The number of carbonyl (C=O) groups excluding carboxylic acids is 2. The lowest BCUT2D eigenvalue weighted by atomic mass is 10.0. The van der Waals surface area contributed by atoms with Crippen LogP contribution in [0.2, 0.25) is 0 Å². The molecule has 0 aromatic carbocycles. The molecule has 0 rings (SSSR count). The summed E-state index contributed by atoms with van der Waals surface area (Å²) in [6, 6.07) is 0. The van der Waals surface area contributed by atoms with Crippen molar-refractivity contribution < 1.29 is 37.9 Å². The van der Waals surface area contributed by atoms with Crippen molar-refractivity contribution in [1.82, 2.24) is 5.32 Å². The van der Waals surface area contributed by atoms with Crippen LogP contribution in [0.4, 0.5) is 0 Å². The van der Waals surface area contributed by atoms with E-state index in [1.165, 1.54) is 141 Å². The Hall–Kier alpha value is -0.990. The minimum atomic E-state index is -4.40. The molecular weight excluding hydrogens is 641 g/mol. The van der Waals surface area contributed by atoms with E-state index in [1.54, 1.807) is 0 Å². The van der Waals surface area contributed by atoms with Gasteiger partial charge in [-0.2, -0.15) is 0 Å². The second-order valence-corrected chi connectivity index (χ2v) is 15.4. The van der Waals surface area contributed by atoms with E-state index in [4.69, 9.17) is 13.8 Å². The minimum absolute atomic E-state index is 0.0882. The van der Waals surface area contributed by atoms with E-state index < -0.39 is 26.5 Å². The number of unbranched alkanes of at least 4 members (excludes halogenated alkanes) is 26. The van der Waals surface area contributed by atoms with Gasteiger partial charge in [-0.05, 0) is 12.8 Å². The van der Waals surface area contributed by atoms with Gasteiger partial charge < -0.3 is 20.1 Å². The molecule has 2 atom stereocenters. The Labute approximate surface area is 301 Å². The number of rotatable bonds is 39. The Morgan fingerprint density at radius 3 is 1.33 bits per heavy atom. The van der Waals surface area contributed by atoms with Gasteiger partial charge in [0.25, 0.3) is 0 Å². The van der Waals surface area contributed by atoms with Crippen LogP contribution in [-0.2, 0) is 27.9 Å². The number of hydrogen-bond acceptors (Lipinski definition) is 7. The fourth-order valence-corrected chi connectivity index (χ4v) is 6.67. The van der Waals surface area contributed by atoms with E-state index in [0.717, 1.165) is 38.5 Å². The molecule has 3 N–H and O–H groups in total. The first-order valence-electron chi connectivity index (χ1n) is 20.5. The molecular formula is C39H78NO8P. The number of aliphatic hydroxyl groups excluding tert-OH is 1. The van der Waals surface area contributed by atoms with E-state index in [2.05, 4.69) is 19.2 Å². The van der Waals surface area contributed by atoms with Gasteiger partial charge in [-0.15, -0.1) is 0 Å². The summed E-state index contributed by atoms with van der Waals surface area (Å²) in [5, 5.41) is 12.6. The highest BCUT2D eigenvalue weighted by molar-refractivity contribution is 7.47. The van der Waals surface area contributed by atoms with E-state index in [9.17, 15) is 24.2 Å². The number of aliphatic hydroxyl groups is 1. The lowest BCUT2D eigenvalue weighted by molar-refractivity contribution is -0.147. The smallest absolute Gasteiger partial charge is 0.463 e. The molecule has 0 aliphatic heterocycles. The molecule has 0 heterocycles. The van der Waals surface area contributed by atoms with Crippen molar-refractivity contribution in [2.45, 2.75) is 213 Å². The van der Waals surface area contributed by atoms with Crippen LogP contribution in [0.1, 0.15) is 206 Å². The zero-order valence-electron chi connectivity index (χ0n) is 31.9. The van der Waals surface area contributed by atoms with E-state index in [1.807, 2.05) is 0 Å². The molecule has 0 fully saturated rings. The zero-order valence-corrected chi connectivity index (χ0v) is 32.8. The van der Waals surface area contributed by atoms with Crippen molar-refractivity contribution in [2.24, 2.45) is 0 Å². The summed E-state index contributed by atoms with van der Waals surface area (Å²) >= 11 is 0. The van der Waals surface area contributed by atoms with Crippen molar-refractivity contribution in [3.8, 4) is 0 Å². The Balaban J connectivity index is 3.53. The molecule has 0 aliphatic carbocycles. The highest BCUT2D eigenvalue weighted by Crippen LogP contribution is 2.42. The number of phosphoric ester groups is 1. The Bertz CT molecular complexity index is 784. The molecule has 10 heteroatoms. The maximum atomic E-state index is 12.0. The van der Waals surface area contributed by atoms with Gasteiger partial charge in [-0.1, -0.05) is 181 Å². The van der Waals surface area contributed by atoms with Gasteiger partial charge in [0.05, 0.1) is 13.2 Å². The molecule has 0 saturated heterocycles. The molecule has 0 aliphatic rings. The van der Waals surface area contributed by atoms with Crippen molar-refractivity contribution in [1.29, 1.82) is 0 Å². The standard InChI is InChI=1S/C39H78NO8P/c1-3-5-7-9-11-13-14-15-16-17-18-19-20-21-22-24-25-27-29-31-38(42)40-33-34-47-49(44,45)48-36-37(41)35-46-39(43)32-30-28-26-23-12-10-8-6-4-2/h37,41H,3-36H2,1-2H3,(H,40,42)(H,44,45). The van der Waals surface area contributed by atoms with Crippen molar-refractivity contribution in [2.75, 3.05) is 26.4 Å². The summed E-state index contributed by atoms with van der Waals surface area (Å²) in [6.45, 7) is 3.55. The van der Waals surface area contributed by atoms with Crippen LogP contribution in [0.3, 0.4) is 0 Å². The van der Waals surface area contributed by atoms with Crippen molar-refractivity contribution in [3.05, 3.63) is 0 Å². The first kappa shape index (κ1) is 48.0. The minimum Gasteiger partial charge on any atom is -0.463 e. The number of amides is 1. The first-order valence-corrected chi connectivity index (χ1v) is 22.0. The fraction of sp³-hybridized carbons (Fsp3) is 0.949. The third-order valence-corrected chi connectivity index (χ3v) is 10.0. The highest BCUT2D eigenvalue weighted by Gasteiger charge is 2.23. The normalized spacial score (nSPS) is 13.3. The number of hydrogen-bond donors (Lipinski definition) is 3. The number of phosphoric acid groups is 1. The summed E-state index contributed by atoms with van der Waals surface area (Å²) in [7, 11) is -4.40. The first-order chi connectivity index (χ1) is 23.8. The summed E-state index contributed by atoms with van der Waals surface area (Å²) in [5.74, 6) is -0.509. The Kier molecular flexibility index (Phi) is 36.0. The second-order valence-electron chi connectivity index (χ2n) is 14.0. The predicted octanol–water partition coefficient (Wildman–Crippen LogP) is 10.9. The van der Waals surface area contributed by atoms with E-state index >= 15 is 0 Å². The molecule has 292 valence electrons. The monoisotopic (exact) mass is 720 g/mol. The van der Waals surface area contributed by atoms with Crippen LogP contribution in [0.15, 0.2) is 0 Å². The maximum absolute atomic E-state index is 12.0. The van der Waals surface area contributed by atoms with Crippen molar-refractivity contribution >= 4 is 19.7 Å². The summed E-state index contributed by atoms with van der Waals surface area (Å²) in [6.07, 6.45) is 34.7. The van der Waals surface area contributed by atoms with Gasteiger partial charge in [-0.25, -0.2) is 4.57 Å². The fourth-order valence-electron chi connectivity index (χ4n) is 5.91. The topological polar surface area (TPSA) is 131 Å². The molecule has 0 aromatic rings. The third kappa shape index (κ3) is 38.1. The number of ether oxygens (including phenoxy) is 1. The predicted molar refractivity (Wildman–Crippen MR) is 202 cm³/mol. The average molecular weight is 720 g/mol. The molecule has 2 unspecified atom stereocenters. The molecule has 0 saturated carbocycles. The van der Waals surface area contributed by atoms with E-state index in [-0.39, 0.29) is 32.1 Å². The van der Waals surface area contributed by atoms with Crippen LogP contribution in [-0.4, -0.2) is 54.3 Å². The van der Waals surface area contributed by atoms with E-state index in [0.29, 0.717) is 6.42 Å². The van der Waals surface area contributed by atoms with Gasteiger partial charge in [0.1, 0.15) is 12.7 Å². The van der Waals surface area contributed by atoms with Crippen LogP contribution >= 0.6 is 7.82 Å². The number of esters is 1. The van der Waals surface area contributed by atoms with Crippen LogP contribution in [0.5, 0.6) is 0 Å². The number of carbonyl (C=O) groups is 2. The zero-order chi connectivity index (χ0) is 36.1. The second kappa shape index (κ2) is 36.8. The average Bonchev–Trinajstić information content (AvgIpc) is 3.08. The largest absolute Gasteiger partial charge is 0.472 e. The van der Waals surface area contributed by atoms with Gasteiger partial charge in [0.2, 0.25) is 5.91 Å². The Morgan fingerprint density at radius 2 is 0.918 bits per heavy atom. The molecule has 0 bridgehead atoms. The molecule has 0 radical (unpaired) electrons. The van der Waals surface area contributed by atoms with Gasteiger partial charge in [-0.3, -0.25) is 18.6 Å². The summed E-state index contributed by atoms with van der Waals surface area (Å²) < 4.78 is 26.7. The lowest BCUT2D eigenvalue weighted by Gasteiger charge is -2.15. The third-order valence-electron chi connectivity index (χ3n) is 9.04. The number of nitrogens with one attached hydrogen (secondary N) is 1. The molecule has 0 spiro atoms.